The second-order valence-corrected chi connectivity index (χ2v) is 5.53. The van der Waals surface area contributed by atoms with Gasteiger partial charge in [0.25, 0.3) is 0 Å². The van der Waals surface area contributed by atoms with Crippen molar-refractivity contribution in [2.75, 3.05) is 6.61 Å². The fourth-order valence-corrected chi connectivity index (χ4v) is 2.55. The molecular weight excluding hydrogens is 250 g/mol. The summed E-state index contributed by atoms with van der Waals surface area (Å²) in [6, 6.07) is 12.0. The zero-order valence-electron chi connectivity index (χ0n) is 12.1. The van der Waals surface area contributed by atoms with Crippen LogP contribution < -0.4 is 5.32 Å². The van der Waals surface area contributed by atoms with Gasteiger partial charge in [0.05, 0.1) is 0 Å². The second-order valence-electron chi connectivity index (χ2n) is 5.53. The molecule has 0 fully saturated rings. The maximum Gasteiger partial charge on any atom is 0.120 e. The topological polar surface area (TPSA) is 52.5 Å². The Morgan fingerprint density at radius 1 is 1.10 bits per heavy atom. The van der Waals surface area contributed by atoms with E-state index in [-0.39, 0.29) is 12.6 Å². The number of benzene rings is 2. The van der Waals surface area contributed by atoms with Crippen LogP contribution in [0.2, 0.25) is 0 Å². The molecule has 0 bridgehead atoms. The van der Waals surface area contributed by atoms with E-state index in [2.05, 4.69) is 19.2 Å². The van der Waals surface area contributed by atoms with E-state index in [4.69, 9.17) is 5.11 Å². The third-order valence-corrected chi connectivity index (χ3v) is 3.80. The molecule has 0 aliphatic rings. The number of rotatable bonds is 6. The van der Waals surface area contributed by atoms with Crippen LogP contribution in [-0.2, 0) is 6.54 Å². The van der Waals surface area contributed by atoms with Crippen LogP contribution in [0.15, 0.2) is 36.4 Å². The lowest BCUT2D eigenvalue weighted by molar-refractivity contribution is 0.243. The minimum absolute atomic E-state index is 0.178. The van der Waals surface area contributed by atoms with Gasteiger partial charge in [-0.05, 0) is 29.2 Å². The Morgan fingerprint density at radius 3 is 2.55 bits per heavy atom. The summed E-state index contributed by atoms with van der Waals surface area (Å²) in [6.07, 6.45) is 0.725. The number of aliphatic hydroxyl groups excluding tert-OH is 1. The zero-order valence-corrected chi connectivity index (χ0v) is 12.1. The molecule has 0 aliphatic carbocycles. The Labute approximate surface area is 120 Å². The van der Waals surface area contributed by atoms with Gasteiger partial charge in [0, 0.05) is 24.8 Å². The average molecular weight is 273 g/mol. The highest BCUT2D eigenvalue weighted by atomic mass is 16.3. The molecule has 20 heavy (non-hydrogen) atoms. The molecule has 108 valence electrons. The van der Waals surface area contributed by atoms with Gasteiger partial charge >= 0.3 is 0 Å². The largest absolute Gasteiger partial charge is 0.508 e. The van der Waals surface area contributed by atoms with E-state index in [9.17, 15) is 5.11 Å². The lowest BCUT2D eigenvalue weighted by Crippen LogP contribution is -2.34. The van der Waals surface area contributed by atoms with Gasteiger partial charge in [-0.3, -0.25) is 0 Å². The molecule has 2 aromatic rings. The highest BCUT2D eigenvalue weighted by Gasteiger charge is 2.14. The summed E-state index contributed by atoms with van der Waals surface area (Å²) in [6.45, 7) is 5.06. The normalized spacial score (nSPS) is 13.0. The van der Waals surface area contributed by atoms with E-state index >= 15 is 0 Å². The fraction of sp³-hybridized carbons (Fsp3) is 0.412. The van der Waals surface area contributed by atoms with E-state index in [1.807, 2.05) is 30.3 Å². The molecule has 0 aromatic heterocycles. The van der Waals surface area contributed by atoms with Crippen LogP contribution in [0.25, 0.3) is 10.8 Å². The number of phenols is 1. The predicted molar refractivity (Wildman–Crippen MR) is 82.8 cm³/mol. The number of nitrogens with one attached hydrogen (secondary N) is 1. The highest BCUT2D eigenvalue weighted by molar-refractivity contribution is 5.87. The first kappa shape index (κ1) is 14.8. The average Bonchev–Trinajstić information content (AvgIpc) is 2.44. The van der Waals surface area contributed by atoms with Gasteiger partial charge in [0.1, 0.15) is 5.75 Å². The lowest BCUT2D eigenvalue weighted by atomic mass is 9.99. The smallest absolute Gasteiger partial charge is 0.120 e. The Hall–Kier alpha value is -1.58. The summed E-state index contributed by atoms with van der Waals surface area (Å²) in [5.74, 6) is 0.766. The quantitative estimate of drug-likeness (QED) is 0.758. The van der Waals surface area contributed by atoms with Gasteiger partial charge < -0.3 is 15.5 Å². The van der Waals surface area contributed by atoms with Crippen molar-refractivity contribution in [2.24, 2.45) is 5.92 Å². The van der Waals surface area contributed by atoms with Crippen LogP contribution in [0, 0.1) is 5.92 Å². The Kier molecular flexibility index (Phi) is 4.99. The predicted octanol–water partition coefficient (Wildman–Crippen LogP) is 3.04. The number of phenolic OH excluding ortho intramolecular Hbond substituents is 1. The van der Waals surface area contributed by atoms with E-state index in [1.165, 1.54) is 0 Å². The number of aliphatic hydroxyl groups is 1. The molecule has 2 rings (SSSR count). The summed E-state index contributed by atoms with van der Waals surface area (Å²) in [5.41, 5.74) is 0.923. The van der Waals surface area contributed by atoms with Crippen molar-refractivity contribution in [1.29, 1.82) is 0 Å². The molecule has 0 saturated carbocycles. The summed E-state index contributed by atoms with van der Waals surface area (Å²) in [7, 11) is 0. The summed E-state index contributed by atoms with van der Waals surface area (Å²) < 4.78 is 0. The van der Waals surface area contributed by atoms with Gasteiger partial charge in [-0.1, -0.05) is 44.2 Å². The molecule has 1 unspecified atom stereocenters. The number of aromatic hydroxyl groups is 1. The fourth-order valence-electron chi connectivity index (χ4n) is 2.55. The Bertz CT molecular complexity index is 566. The third kappa shape index (κ3) is 3.30. The van der Waals surface area contributed by atoms with Crippen molar-refractivity contribution >= 4 is 10.8 Å². The minimum atomic E-state index is 0.178. The number of hydrogen-bond acceptors (Lipinski definition) is 3. The van der Waals surface area contributed by atoms with E-state index in [1.54, 1.807) is 6.07 Å². The molecular formula is C17H23NO2. The number of hydrogen-bond donors (Lipinski definition) is 3. The van der Waals surface area contributed by atoms with Crippen LogP contribution >= 0.6 is 0 Å². The van der Waals surface area contributed by atoms with Gasteiger partial charge in [-0.2, -0.15) is 0 Å². The van der Waals surface area contributed by atoms with Crippen LogP contribution in [0.4, 0.5) is 0 Å². The highest BCUT2D eigenvalue weighted by Crippen LogP contribution is 2.27. The zero-order chi connectivity index (χ0) is 14.5. The first-order chi connectivity index (χ1) is 9.63. The SMILES string of the molecule is CC(C)C(CCO)NCc1c(O)ccc2ccccc12. The molecule has 0 amide bonds. The van der Waals surface area contributed by atoms with Crippen LogP contribution in [0.1, 0.15) is 25.8 Å². The van der Waals surface area contributed by atoms with Crippen molar-refractivity contribution in [2.45, 2.75) is 32.9 Å². The monoisotopic (exact) mass is 273 g/mol. The summed E-state index contributed by atoms with van der Waals surface area (Å²) in [4.78, 5) is 0. The third-order valence-electron chi connectivity index (χ3n) is 3.80. The molecule has 3 nitrogen and oxygen atoms in total. The van der Waals surface area contributed by atoms with Gasteiger partial charge in [0.15, 0.2) is 0 Å². The first-order valence-electron chi connectivity index (χ1n) is 7.17. The molecule has 3 N–H and O–H groups in total. The van der Waals surface area contributed by atoms with Crippen molar-refractivity contribution in [1.82, 2.24) is 5.32 Å². The second kappa shape index (κ2) is 6.73. The maximum absolute atomic E-state index is 10.1. The molecule has 3 heteroatoms. The lowest BCUT2D eigenvalue weighted by Gasteiger charge is -2.22. The molecule has 0 saturated heterocycles. The van der Waals surface area contributed by atoms with E-state index in [0.29, 0.717) is 18.2 Å². The van der Waals surface area contributed by atoms with E-state index < -0.39 is 0 Å². The molecule has 0 radical (unpaired) electrons. The van der Waals surface area contributed by atoms with Gasteiger partial charge in [0.2, 0.25) is 0 Å². The van der Waals surface area contributed by atoms with E-state index in [0.717, 1.165) is 22.8 Å². The van der Waals surface area contributed by atoms with Gasteiger partial charge in [-0.15, -0.1) is 0 Å². The van der Waals surface area contributed by atoms with Crippen LogP contribution in [0.3, 0.4) is 0 Å². The molecule has 1 atom stereocenters. The van der Waals surface area contributed by atoms with Crippen molar-refractivity contribution < 1.29 is 10.2 Å². The van der Waals surface area contributed by atoms with Crippen molar-refractivity contribution in [3.05, 3.63) is 42.0 Å². The van der Waals surface area contributed by atoms with Crippen LogP contribution in [0.5, 0.6) is 5.75 Å². The Balaban J connectivity index is 2.22. The number of fused-ring (bicyclic) bond motifs is 1. The van der Waals surface area contributed by atoms with Crippen molar-refractivity contribution in [3.63, 3.8) is 0 Å². The standard InChI is InChI=1S/C17H23NO2/c1-12(2)16(9-10-19)18-11-15-14-6-4-3-5-13(14)7-8-17(15)20/h3-8,12,16,18-20H,9-11H2,1-2H3. The molecule has 0 heterocycles. The van der Waals surface area contributed by atoms with Crippen LogP contribution in [-0.4, -0.2) is 22.9 Å². The van der Waals surface area contributed by atoms with Crippen molar-refractivity contribution in [3.8, 4) is 5.75 Å². The minimum Gasteiger partial charge on any atom is -0.508 e. The summed E-state index contributed by atoms with van der Waals surface area (Å²) >= 11 is 0. The molecule has 0 spiro atoms. The summed E-state index contributed by atoms with van der Waals surface area (Å²) in [5, 5.41) is 24.9. The Morgan fingerprint density at radius 2 is 1.85 bits per heavy atom. The first-order valence-corrected chi connectivity index (χ1v) is 7.17. The maximum atomic E-state index is 10.1. The molecule has 2 aromatic carbocycles. The van der Waals surface area contributed by atoms with Gasteiger partial charge in [-0.25, -0.2) is 0 Å². The molecule has 0 aliphatic heterocycles.